The molecule has 0 aliphatic heterocycles. The lowest BCUT2D eigenvalue weighted by atomic mass is 10.2. The summed E-state index contributed by atoms with van der Waals surface area (Å²) in [5.74, 6) is 0. The molecule has 2 heterocycles. The molecular formula is C13H10ClF3N4S. The molecule has 0 bridgehead atoms. The van der Waals surface area contributed by atoms with Crippen molar-refractivity contribution in [3.8, 4) is 0 Å². The highest BCUT2D eigenvalue weighted by Crippen LogP contribution is 2.34. The number of alkyl halides is 3. The Morgan fingerprint density at radius 2 is 2.14 bits per heavy atom. The van der Waals surface area contributed by atoms with E-state index in [-0.39, 0.29) is 17.3 Å². The fraction of sp³-hybridized carbons (Fsp3) is 0.231. The van der Waals surface area contributed by atoms with Crippen LogP contribution in [-0.2, 0) is 19.8 Å². The number of aromatic nitrogens is 3. The van der Waals surface area contributed by atoms with Gasteiger partial charge in [0, 0.05) is 36.4 Å². The van der Waals surface area contributed by atoms with Gasteiger partial charge in [-0.05, 0) is 29.7 Å². The minimum atomic E-state index is -4.54. The first kappa shape index (κ1) is 15.1. The lowest BCUT2D eigenvalue weighted by Gasteiger charge is -2.09. The van der Waals surface area contributed by atoms with Gasteiger partial charge in [0.05, 0.1) is 4.70 Å². The monoisotopic (exact) mass is 346 g/mol. The quantitative estimate of drug-likeness (QED) is 0.768. The number of nitrogens with zero attached hydrogens (tertiary/aromatic N) is 3. The molecule has 9 heteroatoms. The fourth-order valence-corrected chi connectivity index (χ4v) is 2.92. The van der Waals surface area contributed by atoms with E-state index in [1.54, 1.807) is 12.3 Å². The molecule has 116 valence electrons. The molecular weight excluding hydrogens is 337 g/mol. The summed E-state index contributed by atoms with van der Waals surface area (Å²) in [7, 11) is 1.38. The van der Waals surface area contributed by atoms with Crippen LogP contribution in [-0.4, -0.2) is 14.2 Å². The first-order chi connectivity index (χ1) is 10.4. The Morgan fingerprint density at radius 3 is 2.86 bits per heavy atom. The summed E-state index contributed by atoms with van der Waals surface area (Å²) in [6, 6.07) is 5.49. The largest absolute Gasteiger partial charge is 0.435 e. The number of benzene rings is 1. The minimum Gasteiger partial charge on any atom is -0.381 e. The summed E-state index contributed by atoms with van der Waals surface area (Å²) >= 11 is 7.28. The van der Waals surface area contributed by atoms with Crippen molar-refractivity contribution in [2.75, 3.05) is 5.32 Å². The fourth-order valence-electron chi connectivity index (χ4n) is 2.10. The molecule has 0 fully saturated rings. The Morgan fingerprint density at radius 1 is 1.36 bits per heavy atom. The second kappa shape index (κ2) is 5.44. The van der Waals surface area contributed by atoms with E-state index in [4.69, 9.17) is 11.6 Å². The number of hydrogen-bond acceptors (Lipinski definition) is 4. The molecule has 0 unspecified atom stereocenters. The summed E-state index contributed by atoms with van der Waals surface area (Å²) in [5, 5.41) is 7.30. The first-order valence-electron chi connectivity index (χ1n) is 6.23. The van der Waals surface area contributed by atoms with Crippen molar-refractivity contribution in [3.63, 3.8) is 0 Å². The van der Waals surface area contributed by atoms with E-state index < -0.39 is 11.9 Å². The maximum atomic E-state index is 13.0. The average molecular weight is 347 g/mol. The summed E-state index contributed by atoms with van der Waals surface area (Å²) in [6.45, 7) is -0.0649. The van der Waals surface area contributed by atoms with E-state index in [9.17, 15) is 13.2 Å². The summed E-state index contributed by atoms with van der Waals surface area (Å²) in [6.07, 6.45) is -2.83. The molecule has 0 aliphatic carbocycles. The van der Waals surface area contributed by atoms with Crippen LogP contribution in [0.4, 0.5) is 18.9 Å². The van der Waals surface area contributed by atoms with E-state index in [0.717, 1.165) is 14.8 Å². The zero-order valence-corrected chi connectivity index (χ0v) is 12.9. The zero-order chi connectivity index (χ0) is 15.9. The van der Waals surface area contributed by atoms with Crippen LogP contribution < -0.4 is 5.32 Å². The van der Waals surface area contributed by atoms with Crippen molar-refractivity contribution >= 4 is 38.9 Å². The normalized spacial score (nSPS) is 12.0. The highest BCUT2D eigenvalue weighted by Gasteiger charge is 2.38. The second-order valence-electron chi connectivity index (χ2n) is 4.67. The van der Waals surface area contributed by atoms with Gasteiger partial charge in [0.1, 0.15) is 5.15 Å². The summed E-state index contributed by atoms with van der Waals surface area (Å²) < 4.78 is 45.0. The van der Waals surface area contributed by atoms with Crippen molar-refractivity contribution < 1.29 is 13.2 Å². The second-order valence-corrected chi connectivity index (χ2v) is 5.86. The van der Waals surface area contributed by atoms with Crippen LogP contribution >= 0.6 is 23.1 Å². The van der Waals surface area contributed by atoms with E-state index in [1.165, 1.54) is 18.6 Å². The molecule has 22 heavy (non-hydrogen) atoms. The maximum absolute atomic E-state index is 13.0. The van der Waals surface area contributed by atoms with E-state index in [1.807, 2.05) is 12.1 Å². The molecule has 1 N–H and O–H groups in total. The van der Waals surface area contributed by atoms with Crippen LogP contribution in [0.1, 0.15) is 11.3 Å². The smallest absolute Gasteiger partial charge is 0.381 e. The predicted molar refractivity (Wildman–Crippen MR) is 80.2 cm³/mol. The number of hydrogen-bond donors (Lipinski definition) is 1. The molecule has 0 spiro atoms. The van der Waals surface area contributed by atoms with E-state index in [0.29, 0.717) is 5.69 Å². The van der Waals surface area contributed by atoms with Gasteiger partial charge >= 0.3 is 6.18 Å². The molecule has 0 saturated carbocycles. The van der Waals surface area contributed by atoms with Crippen LogP contribution in [0.2, 0.25) is 5.15 Å². The van der Waals surface area contributed by atoms with Crippen molar-refractivity contribution in [1.82, 2.24) is 14.2 Å². The van der Waals surface area contributed by atoms with Crippen LogP contribution in [0.3, 0.4) is 0 Å². The standard InChI is InChI=1S/C13H10ClF3N4S/c1-21-12(14)9(11(20-21)13(15,16)17)6-18-8-2-3-10-7(4-8)5-19-22-10/h2-5,18H,6H2,1H3. The number of aryl methyl sites for hydroxylation is 1. The molecule has 3 rings (SSSR count). The Labute approximate surface area is 132 Å². The van der Waals surface area contributed by atoms with Crippen molar-refractivity contribution in [1.29, 1.82) is 0 Å². The highest BCUT2D eigenvalue weighted by atomic mass is 35.5. The van der Waals surface area contributed by atoms with Gasteiger partial charge in [-0.3, -0.25) is 4.68 Å². The van der Waals surface area contributed by atoms with Gasteiger partial charge in [-0.15, -0.1) is 0 Å². The number of anilines is 1. The lowest BCUT2D eigenvalue weighted by molar-refractivity contribution is -0.142. The number of fused-ring (bicyclic) bond motifs is 1. The van der Waals surface area contributed by atoms with Crippen LogP contribution in [0.25, 0.3) is 10.1 Å². The third-order valence-electron chi connectivity index (χ3n) is 3.16. The van der Waals surface area contributed by atoms with Crippen LogP contribution in [0.5, 0.6) is 0 Å². The molecule has 0 radical (unpaired) electrons. The van der Waals surface area contributed by atoms with Gasteiger partial charge in [0.2, 0.25) is 0 Å². The number of halogens is 4. The molecule has 3 aromatic rings. The average Bonchev–Trinajstić information content (AvgIpc) is 3.02. The Bertz CT molecular complexity index is 824. The lowest BCUT2D eigenvalue weighted by Crippen LogP contribution is -2.11. The molecule has 1 aromatic carbocycles. The van der Waals surface area contributed by atoms with Gasteiger partial charge in [0.15, 0.2) is 5.69 Å². The topological polar surface area (TPSA) is 42.7 Å². The highest BCUT2D eigenvalue weighted by molar-refractivity contribution is 7.13. The zero-order valence-electron chi connectivity index (χ0n) is 11.3. The number of rotatable bonds is 3. The van der Waals surface area contributed by atoms with Gasteiger partial charge in [-0.25, -0.2) is 0 Å². The maximum Gasteiger partial charge on any atom is 0.435 e. The van der Waals surface area contributed by atoms with E-state index >= 15 is 0 Å². The molecule has 0 atom stereocenters. The SMILES string of the molecule is Cn1nc(C(F)(F)F)c(CNc2ccc3sncc3c2)c1Cl. The third kappa shape index (κ3) is 2.76. The van der Waals surface area contributed by atoms with Gasteiger partial charge in [0.25, 0.3) is 0 Å². The van der Waals surface area contributed by atoms with Crippen LogP contribution in [0, 0.1) is 0 Å². The Kier molecular flexibility index (Phi) is 3.73. The Balaban J connectivity index is 1.87. The number of nitrogens with one attached hydrogen (secondary N) is 1. The van der Waals surface area contributed by atoms with E-state index in [2.05, 4.69) is 14.8 Å². The third-order valence-corrected chi connectivity index (χ3v) is 4.41. The van der Waals surface area contributed by atoms with Crippen molar-refractivity contribution in [2.24, 2.45) is 7.05 Å². The van der Waals surface area contributed by atoms with Crippen LogP contribution in [0.15, 0.2) is 24.4 Å². The molecule has 2 aromatic heterocycles. The first-order valence-corrected chi connectivity index (χ1v) is 7.38. The predicted octanol–water partition coefficient (Wildman–Crippen LogP) is 4.31. The minimum absolute atomic E-state index is 0.0295. The van der Waals surface area contributed by atoms with Gasteiger partial charge in [-0.1, -0.05) is 11.6 Å². The molecule has 0 aliphatic rings. The Hall–Kier alpha value is -1.80. The molecule has 0 amide bonds. The molecule has 4 nitrogen and oxygen atoms in total. The van der Waals surface area contributed by atoms with Gasteiger partial charge < -0.3 is 5.32 Å². The van der Waals surface area contributed by atoms with Gasteiger partial charge in [-0.2, -0.15) is 22.6 Å². The summed E-state index contributed by atoms with van der Waals surface area (Å²) in [4.78, 5) is 0. The van der Waals surface area contributed by atoms with Crippen molar-refractivity contribution in [2.45, 2.75) is 12.7 Å². The van der Waals surface area contributed by atoms with Crippen molar-refractivity contribution in [3.05, 3.63) is 40.8 Å². The molecule has 0 saturated heterocycles. The summed E-state index contributed by atoms with van der Waals surface area (Å²) in [5.41, 5.74) is -0.341.